The monoisotopic (exact) mass is 119 g/mol. The number of hydrogen-bond acceptors (Lipinski definition) is 2. The molecule has 1 aliphatic heterocycles. The van der Waals surface area contributed by atoms with Crippen LogP contribution in [-0.2, 0) is 22.2 Å². The molecule has 40 valence electrons. The molecule has 0 aromatic carbocycles. The molecule has 0 amide bonds. The third kappa shape index (κ3) is 0.881. The first-order valence-electron chi connectivity index (χ1n) is 2.18. The Kier molecular flexibility index (Phi) is 1.23. The van der Waals surface area contributed by atoms with Crippen molar-refractivity contribution >= 4 is 18.6 Å². The van der Waals surface area contributed by atoms with Crippen molar-refractivity contribution in [3.8, 4) is 0 Å². The number of rotatable bonds is 0. The minimum Gasteiger partial charge on any atom is -0.462 e. The summed E-state index contributed by atoms with van der Waals surface area (Å²) in [7, 11) is 0. The van der Waals surface area contributed by atoms with Crippen LogP contribution >= 0.6 is 0 Å². The Bertz CT molecular complexity index is 91.7. The van der Waals surface area contributed by atoms with Gasteiger partial charge in [-0.2, -0.15) is 0 Å². The highest BCUT2D eigenvalue weighted by Gasteiger charge is 2.27. The lowest BCUT2D eigenvalue weighted by atomic mass is 10.4. The van der Waals surface area contributed by atoms with Crippen LogP contribution in [0.1, 0.15) is 6.42 Å². The summed E-state index contributed by atoms with van der Waals surface area (Å²) in [5, 5.41) is -0.0417. The highest BCUT2D eigenvalue weighted by Crippen LogP contribution is 2.04. The predicted molar refractivity (Wildman–Crippen MR) is 29.5 cm³/mol. The number of esters is 1. The molecule has 0 aliphatic carbocycles. The molecule has 2 nitrogen and oxygen atoms in total. The molecule has 1 saturated heterocycles. The zero-order chi connectivity index (χ0) is 5.28. The highest BCUT2D eigenvalue weighted by atomic mass is 32.1. The van der Waals surface area contributed by atoms with Gasteiger partial charge in [-0.05, 0) is 12.6 Å². The molecule has 0 saturated carbocycles. The second-order valence-corrected chi connectivity index (χ2v) is 2.21. The molecule has 1 fully saturated rings. The predicted octanol–water partition coefficient (Wildman–Crippen LogP) is -0.687. The van der Waals surface area contributed by atoms with Crippen LogP contribution in [0.5, 0.6) is 0 Å². The molecule has 0 aromatic heterocycles. The Morgan fingerprint density at radius 3 is 2.71 bits per heavy atom. The molecule has 1 heterocycles. The summed E-state index contributed by atoms with van der Waals surface area (Å²) in [5.74, 6) is -0.128. The normalized spacial score (nSPS) is 30.4. The summed E-state index contributed by atoms with van der Waals surface area (Å²) in [5.41, 5.74) is 0. The SMILES string of the molecule is O=C1OCC[C@H]1[SH2+]. The van der Waals surface area contributed by atoms with Gasteiger partial charge in [-0.3, -0.25) is 0 Å². The van der Waals surface area contributed by atoms with Gasteiger partial charge in [-0.1, -0.05) is 0 Å². The number of hydrogen-bond donors (Lipinski definition) is 0. The van der Waals surface area contributed by atoms with E-state index >= 15 is 0 Å². The molecule has 0 bridgehead atoms. The number of carbonyl (C=O) groups excluding carboxylic acids is 1. The van der Waals surface area contributed by atoms with Gasteiger partial charge < -0.3 is 4.74 Å². The van der Waals surface area contributed by atoms with Crippen molar-refractivity contribution in [2.75, 3.05) is 6.61 Å². The Hall–Kier alpha value is -0.180. The summed E-state index contributed by atoms with van der Waals surface area (Å²) >= 11 is 3.18. The number of carbonyl (C=O) groups is 1. The summed E-state index contributed by atoms with van der Waals surface area (Å²) in [6.45, 7) is 0.576. The summed E-state index contributed by atoms with van der Waals surface area (Å²) in [6, 6.07) is 0. The smallest absolute Gasteiger partial charge is 0.359 e. The average Bonchev–Trinajstić information content (AvgIpc) is 1.91. The van der Waals surface area contributed by atoms with Gasteiger partial charge >= 0.3 is 5.97 Å². The Labute approximate surface area is 47.3 Å². The Morgan fingerprint density at radius 2 is 2.57 bits per heavy atom. The van der Waals surface area contributed by atoms with E-state index in [4.69, 9.17) is 0 Å². The van der Waals surface area contributed by atoms with Crippen LogP contribution in [0.2, 0.25) is 0 Å². The van der Waals surface area contributed by atoms with Crippen LogP contribution in [-0.4, -0.2) is 17.8 Å². The molecule has 1 atom stereocenters. The third-order valence-electron chi connectivity index (χ3n) is 0.935. The highest BCUT2D eigenvalue weighted by molar-refractivity contribution is 7.60. The van der Waals surface area contributed by atoms with E-state index in [1.807, 2.05) is 0 Å². The van der Waals surface area contributed by atoms with E-state index in [0.29, 0.717) is 6.61 Å². The molecule has 1 aliphatic rings. The second kappa shape index (κ2) is 1.74. The minimum absolute atomic E-state index is 0.0417. The van der Waals surface area contributed by atoms with E-state index in [2.05, 4.69) is 17.4 Å². The van der Waals surface area contributed by atoms with E-state index in [0.717, 1.165) is 6.42 Å². The zero-order valence-electron chi connectivity index (χ0n) is 3.81. The molecule has 0 N–H and O–H groups in total. The van der Waals surface area contributed by atoms with Crippen molar-refractivity contribution in [2.24, 2.45) is 0 Å². The number of ether oxygens (including phenoxy) is 1. The third-order valence-corrected chi connectivity index (χ3v) is 1.46. The fourth-order valence-electron chi connectivity index (χ4n) is 0.496. The first-order valence-corrected chi connectivity index (χ1v) is 2.76. The molecule has 7 heavy (non-hydrogen) atoms. The summed E-state index contributed by atoms with van der Waals surface area (Å²) in [4.78, 5) is 10.3. The van der Waals surface area contributed by atoms with Gasteiger partial charge in [0.2, 0.25) is 5.25 Å². The maximum Gasteiger partial charge on any atom is 0.359 e. The van der Waals surface area contributed by atoms with Gasteiger partial charge in [-0.25, -0.2) is 4.79 Å². The first-order chi connectivity index (χ1) is 3.30. The van der Waals surface area contributed by atoms with E-state index in [1.54, 1.807) is 0 Å². The van der Waals surface area contributed by atoms with E-state index < -0.39 is 0 Å². The average molecular weight is 119 g/mol. The standard InChI is InChI=1S/C4H6O2S/c5-4-3(7)1-2-6-4/h3,7H,1-2H2/p+1/t3-/m1/s1. The van der Waals surface area contributed by atoms with Crippen LogP contribution in [0.15, 0.2) is 0 Å². The lowest BCUT2D eigenvalue weighted by Crippen LogP contribution is -2.08. The summed E-state index contributed by atoms with van der Waals surface area (Å²) < 4.78 is 4.58. The van der Waals surface area contributed by atoms with Crippen LogP contribution in [0, 0.1) is 0 Å². The molecule has 3 heteroatoms. The van der Waals surface area contributed by atoms with Gasteiger partial charge in [-0.15, -0.1) is 0 Å². The molecular weight excluding hydrogens is 112 g/mol. The molecule has 1 rings (SSSR count). The summed E-state index contributed by atoms with van der Waals surface area (Å²) in [6.07, 6.45) is 0.815. The largest absolute Gasteiger partial charge is 0.462 e. The second-order valence-electron chi connectivity index (χ2n) is 1.51. The Morgan fingerprint density at radius 1 is 1.86 bits per heavy atom. The topological polar surface area (TPSA) is 26.3 Å². The van der Waals surface area contributed by atoms with Crippen molar-refractivity contribution in [2.45, 2.75) is 11.7 Å². The van der Waals surface area contributed by atoms with Gasteiger partial charge in [0.05, 0.1) is 6.61 Å². The molecule has 0 unspecified atom stereocenters. The van der Waals surface area contributed by atoms with Crippen molar-refractivity contribution in [1.29, 1.82) is 0 Å². The van der Waals surface area contributed by atoms with Crippen molar-refractivity contribution in [3.63, 3.8) is 0 Å². The van der Waals surface area contributed by atoms with Crippen LogP contribution in [0.3, 0.4) is 0 Å². The van der Waals surface area contributed by atoms with E-state index in [9.17, 15) is 4.79 Å². The maximum absolute atomic E-state index is 10.3. The van der Waals surface area contributed by atoms with Crippen molar-refractivity contribution < 1.29 is 9.53 Å². The lowest BCUT2D eigenvalue weighted by Gasteiger charge is -1.83. The van der Waals surface area contributed by atoms with Crippen molar-refractivity contribution in [3.05, 3.63) is 0 Å². The quantitative estimate of drug-likeness (QED) is 0.312. The number of cyclic esters (lactones) is 1. The van der Waals surface area contributed by atoms with Gasteiger partial charge in [0, 0.05) is 6.42 Å². The van der Waals surface area contributed by atoms with E-state index in [-0.39, 0.29) is 11.2 Å². The zero-order valence-corrected chi connectivity index (χ0v) is 4.81. The lowest BCUT2D eigenvalue weighted by molar-refractivity contribution is -0.137. The van der Waals surface area contributed by atoms with Crippen LogP contribution < -0.4 is 0 Å². The van der Waals surface area contributed by atoms with Gasteiger partial charge in [0.15, 0.2) is 0 Å². The Balaban J connectivity index is 2.48. The molecule has 0 spiro atoms. The fraction of sp³-hybridized carbons (Fsp3) is 0.750. The molecule has 0 aromatic rings. The first kappa shape index (κ1) is 4.97. The van der Waals surface area contributed by atoms with Crippen LogP contribution in [0.25, 0.3) is 0 Å². The fourth-order valence-corrected chi connectivity index (χ4v) is 0.697. The molecular formula is C4H7O2S+. The van der Waals surface area contributed by atoms with Gasteiger partial charge in [0.1, 0.15) is 0 Å². The van der Waals surface area contributed by atoms with Crippen molar-refractivity contribution in [1.82, 2.24) is 0 Å². The maximum atomic E-state index is 10.3. The van der Waals surface area contributed by atoms with Gasteiger partial charge in [0.25, 0.3) is 0 Å². The van der Waals surface area contributed by atoms with Crippen LogP contribution in [0.4, 0.5) is 0 Å². The molecule has 0 radical (unpaired) electrons. The minimum atomic E-state index is -0.128. The van der Waals surface area contributed by atoms with E-state index in [1.165, 1.54) is 0 Å².